The SMILES string of the molecule is CC(C)(C)c1cc(-c2ccc3c(c2)Oc2cc(-c4ccc5oc6ccccc6c5c4)cc4c2B3c2cc3c(cc2N4c2cc(C(C)(C)C)cc(C(C)(C)C)c2)N(c2c(-c4ccccc4)cccc2-c2ccccc2)c2cc(-c4ccc5oc6ccccc6c5c4)cc4c2B3c2ccc(-c3cc(C(C)(C)C)cc(C(C)(C)C)c3)cc2O4)cc(C(C)(C)C)c1. The number of rotatable bonds is 8. The van der Waals surface area contributed by atoms with E-state index in [0.717, 1.165) is 178 Å². The van der Waals surface area contributed by atoms with Crippen molar-refractivity contribution in [3.05, 3.63) is 325 Å². The zero-order valence-electron chi connectivity index (χ0n) is 73.4. The van der Waals surface area contributed by atoms with Gasteiger partial charge < -0.3 is 28.1 Å². The second-order valence-corrected chi connectivity index (χ2v) is 40.9. The summed E-state index contributed by atoms with van der Waals surface area (Å²) in [5.41, 5.74) is 36.4. The highest BCUT2D eigenvalue weighted by molar-refractivity contribution is 7.02. The third kappa shape index (κ3) is 12.8. The summed E-state index contributed by atoms with van der Waals surface area (Å²) in [5.74, 6) is 3.29. The van der Waals surface area contributed by atoms with Crippen LogP contribution >= 0.6 is 0 Å². The fourth-order valence-electron chi connectivity index (χ4n) is 19.4. The molecule has 0 unspecified atom stereocenters. The van der Waals surface area contributed by atoms with Crippen molar-refractivity contribution in [2.45, 2.75) is 157 Å². The first-order chi connectivity index (χ1) is 58.2. The van der Waals surface area contributed by atoms with Gasteiger partial charge in [-0.15, -0.1) is 0 Å². The van der Waals surface area contributed by atoms with Gasteiger partial charge in [-0.25, -0.2) is 0 Å². The van der Waals surface area contributed by atoms with Crippen molar-refractivity contribution in [2.75, 3.05) is 9.80 Å². The number of benzene rings is 15. The van der Waals surface area contributed by atoms with Crippen LogP contribution in [-0.2, 0) is 32.5 Å². The smallest absolute Gasteiger partial charge is 0.256 e. The van der Waals surface area contributed by atoms with Gasteiger partial charge in [0.1, 0.15) is 45.3 Å². The minimum atomic E-state index is -0.352. The molecule has 21 rings (SSSR count). The quantitative estimate of drug-likeness (QED) is 0.141. The molecule has 598 valence electrons. The lowest BCUT2D eigenvalue weighted by molar-refractivity contribution is 0.487. The zero-order valence-corrected chi connectivity index (χ0v) is 73.4. The summed E-state index contributed by atoms with van der Waals surface area (Å²) in [6.07, 6.45) is 0. The van der Waals surface area contributed by atoms with Crippen molar-refractivity contribution in [2.24, 2.45) is 0 Å². The lowest BCUT2D eigenvalue weighted by atomic mass is 9.30. The lowest BCUT2D eigenvalue weighted by Crippen LogP contribution is -2.63. The molecule has 4 aliphatic rings. The first-order valence-corrected chi connectivity index (χ1v) is 43.5. The third-order valence-electron chi connectivity index (χ3n) is 26.4. The topological polar surface area (TPSA) is 51.2 Å². The maximum Gasteiger partial charge on any atom is 0.256 e. The summed E-state index contributed by atoms with van der Waals surface area (Å²) in [6, 6.07) is 110. The number of furan rings is 2. The Balaban J connectivity index is 0.910. The summed E-state index contributed by atoms with van der Waals surface area (Å²) in [7, 11) is 0. The maximum atomic E-state index is 7.95. The van der Waals surface area contributed by atoms with E-state index in [2.05, 4.69) is 426 Å². The lowest BCUT2D eigenvalue weighted by Gasteiger charge is -2.45. The fourth-order valence-corrected chi connectivity index (χ4v) is 19.4. The van der Waals surface area contributed by atoms with Crippen molar-refractivity contribution in [3.63, 3.8) is 0 Å². The van der Waals surface area contributed by atoms with Crippen molar-refractivity contribution in [1.29, 1.82) is 0 Å². The van der Waals surface area contributed by atoms with Crippen LogP contribution < -0.4 is 52.1 Å². The van der Waals surface area contributed by atoms with Crippen LogP contribution in [-0.4, -0.2) is 13.4 Å². The van der Waals surface area contributed by atoms with Gasteiger partial charge in [0.15, 0.2) is 0 Å². The summed E-state index contributed by atoms with van der Waals surface area (Å²) in [6.45, 7) is 41.4. The Bertz CT molecular complexity index is 7070. The van der Waals surface area contributed by atoms with Crippen molar-refractivity contribution >= 4 is 124 Å². The second kappa shape index (κ2) is 27.4. The van der Waals surface area contributed by atoms with Crippen LogP contribution in [0.3, 0.4) is 0 Å². The molecular formula is C114H102B2N2O4. The summed E-state index contributed by atoms with van der Waals surface area (Å²) >= 11 is 0. The molecule has 15 aromatic carbocycles. The predicted molar refractivity (Wildman–Crippen MR) is 518 cm³/mol. The number of para-hydroxylation sites is 3. The Morgan fingerprint density at radius 1 is 0.221 bits per heavy atom. The van der Waals surface area contributed by atoms with Gasteiger partial charge in [0.25, 0.3) is 13.4 Å². The van der Waals surface area contributed by atoms with Crippen LogP contribution in [0, 0.1) is 0 Å². The Kier molecular flexibility index (Phi) is 17.2. The van der Waals surface area contributed by atoms with E-state index in [1.165, 1.54) is 55.4 Å². The highest BCUT2D eigenvalue weighted by atomic mass is 16.5. The molecule has 0 N–H and O–H groups in total. The van der Waals surface area contributed by atoms with Crippen LogP contribution in [0.4, 0.5) is 34.1 Å². The highest BCUT2D eigenvalue weighted by Crippen LogP contribution is 2.55. The largest absolute Gasteiger partial charge is 0.458 e. The Labute approximate surface area is 719 Å². The zero-order chi connectivity index (χ0) is 84.3. The molecule has 0 saturated carbocycles. The molecule has 6 heterocycles. The average Bonchev–Trinajstić information content (AvgIpc) is 0.802. The number of nitrogens with zero attached hydrogens (tertiary/aromatic N) is 2. The number of hydrogen-bond acceptors (Lipinski definition) is 6. The van der Waals surface area contributed by atoms with Crippen LogP contribution in [0.25, 0.3) is 111 Å². The molecule has 0 spiro atoms. The van der Waals surface area contributed by atoms with Crippen LogP contribution in [0.1, 0.15) is 158 Å². The molecule has 4 aliphatic heterocycles. The van der Waals surface area contributed by atoms with Gasteiger partial charge in [0.05, 0.1) is 5.69 Å². The number of fused-ring (bicyclic) bond motifs is 14. The third-order valence-corrected chi connectivity index (χ3v) is 26.4. The van der Waals surface area contributed by atoms with Crippen molar-refractivity contribution < 1.29 is 18.3 Å². The minimum absolute atomic E-state index is 0.103. The maximum absolute atomic E-state index is 7.95. The molecule has 0 bridgehead atoms. The van der Waals surface area contributed by atoms with Crippen LogP contribution in [0.5, 0.6) is 23.0 Å². The van der Waals surface area contributed by atoms with E-state index in [0.29, 0.717) is 0 Å². The Hall–Kier alpha value is -12.8. The second-order valence-electron chi connectivity index (χ2n) is 40.9. The summed E-state index contributed by atoms with van der Waals surface area (Å²) in [4.78, 5) is 5.30. The number of ether oxygens (including phenoxy) is 2. The molecule has 0 saturated heterocycles. The van der Waals surface area contributed by atoms with E-state index in [1.54, 1.807) is 0 Å². The van der Waals surface area contributed by atoms with E-state index in [-0.39, 0.29) is 45.9 Å². The molecule has 2 aromatic heterocycles. The molecule has 0 aliphatic carbocycles. The monoisotopic (exact) mass is 1580 g/mol. The van der Waals surface area contributed by atoms with E-state index in [9.17, 15) is 0 Å². The summed E-state index contributed by atoms with van der Waals surface area (Å²) < 4.78 is 29.1. The fraction of sp³-hybridized carbons (Fsp3) is 0.211. The summed E-state index contributed by atoms with van der Waals surface area (Å²) in [5, 5.41) is 4.28. The van der Waals surface area contributed by atoms with Gasteiger partial charge in [-0.2, -0.15) is 0 Å². The van der Waals surface area contributed by atoms with Crippen LogP contribution in [0.15, 0.2) is 300 Å². The number of hydrogen-bond donors (Lipinski definition) is 0. The van der Waals surface area contributed by atoms with E-state index >= 15 is 0 Å². The highest BCUT2D eigenvalue weighted by Gasteiger charge is 2.49. The van der Waals surface area contributed by atoms with Gasteiger partial charge in [0.2, 0.25) is 0 Å². The predicted octanol–water partition coefficient (Wildman–Crippen LogP) is 28.1. The molecule has 0 atom stereocenters. The van der Waals surface area contributed by atoms with Crippen LogP contribution in [0.2, 0.25) is 0 Å². The van der Waals surface area contributed by atoms with Crippen molar-refractivity contribution in [3.8, 4) is 89.8 Å². The molecular weight excluding hydrogens is 1480 g/mol. The molecule has 17 aromatic rings. The van der Waals surface area contributed by atoms with Crippen molar-refractivity contribution in [1.82, 2.24) is 0 Å². The first kappa shape index (κ1) is 76.6. The molecule has 0 amide bonds. The van der Waals surface area contributed by atoms with Gasteiger partial charge in [-0.05, 0) is 245 Å². The van der Waals surface area contributed by atoms with E-state index in [4.69, 9.17) is 18.3 Å². The molecule has 122 heavy (non-hydrogen) atoms. The first-order valence-electron chi connectivity index (χ1n) is 43.5. The van der Waals surface area contributed by atoms with E-state index in [1.807, 2.05) is 0 Å². The molecule has 6 nitrogen and oxygen atoms in total. The molecule has 0 radical (unpaired) electrons. The number of anilines is 6. The van der Waals surface area contributed by atoms with Gasteiger partial charge in [-0.1, -0.05) is 325 Å². The average molecular weight is 1590 g/mol. The molecule has 8 heteroatoms. The Morgan fingerprint density at radius 2 is 0.557 bits per heavy atom. The van der Waals surface area contributed by atoms with Gasteiger partial charge >= 0.3 is 0 Å². The minimum Gasteiger partial charge on any atom is -0.458 e. The van der Waals surface area contributed by atoms with Gasteiger partial charge in [-0.3, -0.25) is 0 Å². The Morgan fingerprint density at radius 3 is 0.967 bits per heavy atom. The van der Waals surface area contributed by atoms with E-state index < -0.39 is 0 Å². The van der Waals surface area contributed by atoms with Gasteiger partial charge in [0, 0.05) is 61.1 Å². The standard InChI is InChI=1S/C114H102B2N2O4/c1-109(2,3)77-48-73(49-78(60-77)110(4,5)6)71-40-44-90-102(56-71)121-104-58-75(69-42-46-100-88(52-69)86-34-25-27-38-98(86)119-100)54-96-106(104)115(90)92-65-93-95(66-94(92)117(96)83-63-81(113(13,14)15)62-82(64-83)114(16,17)18)118(108-84(67-30-21-19-22-31-67)36-29-37-85(108)68-32-23-20-24-33-68)97-55-76(70-43-47-101-89(53-70)87-35-26-28-39-99(87)120-101)59-105-107(97)116(93)91-45-41-72(57-103(91)122-105)74-50-79(111(7,8)9)61-80(51-74)112(10,11)12/h19-66H,1-18H3. The molecule has 0 fully saturated rings. The normalized spacial score (nSPS) is 13.7.